The van der Waals surface area contributed by atoms with E-state index in [1.165, 1.54) is 14.0 Å². The van der Waals surface area contributed by atoms with Gasteiger partial charge in [-0.25, -0.2) is 8.42 Å². The third kappa shape index (κ3) is 2.96. The molecule has 6 nitrogen and oxygen atoms in total. The predicted molar refractivity (Wildman–Crippen MR) is 72.5 cm³/mol. The minimum Gasteiger partial charge on any atom is -0.258 e. The molecule has 0 aliphatic carbocycles. The van der Waals surface area contributed by atoms with Gasteiger partial charge in [-0.05, 0) is 31.9 Å². The lowest BCUT2D eigenvalue weighted by Gasteiger charge is -2.23. The van der Waals surface area contributed by atoms with Crippen molar-refractivity contribution >= 4 is 15.7 Å². The molecular weight excluding hydrogens is 287 g/mol. The van der Waals surface area contributed by atoms with Crippen molar-refractivity contribution in [2.45, 2.75) is 38.1 Å². The number of nitrogens with zero attached hydrogens (tertiary/aromatic N) is 2. The van der Waals surface area contributed by atoms with E-state index in [2.05, 4.69) is 0 Å². The summed E-state index contributed by atoms with van der Waals surface area (Å²) in [6.07, 6.45) is 0.595. The molecule has 0 saturated carbocycles. The van der Waals surface area contributed by atoms with E-state index >= 15 is 0 Å². The number of benzene rings is 1. The van der Waals surface area contributed by atoms with Gasteiger partial charge in [0.1, 0.15) is 0 Å². The van der Waals surface area contributed by atoms with Gasteiger partial charge in [0.15, 0.2) is 0 Å². The summed E-state index contributed by atoms with van der Waals surface area (Å²) < 4.78 is 39.4. The molecule has 1 aromatic rings. The summed E-state index contributed by atoms with van der Waals surface area (Å²) in [5.41, 5.74) is -0.699. The van der Waals surface area contributed by atoms with Crippen LogP contribution in [0.3, 0.4) is 0 Å². The van der Waals surface area contributed by atoms with Crippen LogP contribution in [-0.4, -0.2) is 30.7 Å². The van der Waals surface area contributed by atoms with Gasteiger partial charge in [0, 0.05) is 19.2 Å². The van der Waals surface area contributed by atoms with Crippen molar-refractivity contribution in [2.75, 3.05) is 7.05 Å². The van der Waals surface area contributed by atoms with Gasteiger partial charge in [0.2, 0.25) is 15.8 Å². The monoisotopic (exact) mass is 304 g/mol. The van der Waals surface area contributed by atoms with Gasteiger partial charge in [-0.1, -0.05) is 6.92 Å². The van der Waals surface area contributed by atoms with E-state index in [-0.39, 0.29) is 16.5 Å². The molecule has 1 aromatic carbocycles. The molecule has 0 radical (unpaired) electrons. The van der Waals surface area contributed by atoms with Crippen LogP contribution in [0, 0.1) is 22.9 Å². The van der Waals surface area contributed by atoms with E-state index in [0.717, 1.165) is 16.4 Å². The van der Waals surface area contributed by atoms with Crippen molar-refractivity contribution in [3.05, 3.63) is 33.6 Å². The van der Waals surface area contributed by atoms with E-state index in [0.29, 0.717) is 6.42 Å². The summed E-state index contributed by atoms with van der Waals surface area (Å²) >= 11 is 0. The summed E-state index contributed by atoms with van der Waals surface area (Å²) in [5.74, 6) is -1.04. The van der Waals surface area contributed by atoms with E-state index in [1.54, 1.807) is 6.92 Å². The van der Waals surface area contributed by atoms with Crippen LogP contribution >= 0.6 is 0 Å². The standard InChI is InChI=1S/C12H17FN2O4S/c1-5-9(3)14(4)20(18,19)12-7-11(15(16)17)10(13)6-8(12)2/h6-7,9H,5H2,1-4H3. The molecule has 112 valence electrons. The van der Waals surface area contributed by atoms with E-state index in [4.69, 9.17) is 0 Å². The smallest absolute Gasteiger partial charge is 0.258 e. The molecule has 0 saturated heterocycles. The van der Waals surface area contributed by atoms with Gasteiger partial charge in [0.25, 0.3) is 0 Å². The maximum Gasteiger partial charge on any atom is 0.306 e. The molecule has 20 heavy (non-hydrogen) atoms. The van der Waals surface area contributed by atoms with Crippen LogP contribution in [0.5, 0.6) is 0 Å². The first-order chi connectivity index (χ1) is 9.12. The molecule has 0 aliphatic rings. The number of halogens is 1. The normalized spacial score (nSPS) is 13.5. The van der Waals surface area contributed by atoms with Gasteiger partial charge < -0.3 is 0 Å². The first-order valence-electron chi connectivity index (χ1n) is 6.05. The molecule has 0 amide bonds. The Morgan fingerprint density at radius 3 is 2.45 bits per heavy atom. The Kier molecular flexibility index (Phi) is 4.82. The van der Waals surface area contributed by atoms with Crippen LogP contribution in [0.4, 0.5) is 10.1 Å². The lowest BCUT2D eigenvalue weighted by molar-refractivity contribution is -0.387. The SMILES string of the molecule is CCC(C)N(C)S(=O)(=O)c1cc([N+](=O)[O-])c(F)cc1C. The minimum absolute atomic E-state index is 0.142. The Balaban J connectivity index is 3.46. The van der Waals surface area contributed by atoms with Crippen molar-refractivity contribution in [1.82, 2.24) is 4.31 Å². The molecule has 0 aliphatic heterocycles. The summed E-state index contributed by atoms with van der Waals surface area (Å²) in [5, 5.41) is 10.7. The van der Waals surface area contributed by atoms with Crippen molar-refractivity contribution in [3.8, 4) is 0 Å². The molecule has 0 spiro atoms. The zero-order valence-electron chi connectivity index (χ0n) is 11.8. The second-order valence-corrected chi connectivity index (χ2v) is 6.57. The Morgan fingerprint density at radius 2 is 2.00 bits per heavy atom. The van der Waals surface area contributed by atoms with E-state index in [1.807, 2.05) is 6.92 Å². The fourth-order valence-electron chi connectivity index (χ4n) is 1.71. The summed E-state index contributed by atoms with van der Waals surface area (Å²) in [4.78, 5) is 9.55. The third-order valence-electron chi connectivity index (χ3n) is 3.31. The van der Waals surface area contributed by atoms with Crippen molar-refractivity contribution in [1.29, 1.82) is 0 Å². The average molecular weight is 304 g/mol. The fourth-order valence-corrected chi connectivity index (χ4v) is 3.37. The average Bonchev–Trinajstić information content (AvgIpc) is 2.35. The van der Waals surface area contributed by atoms with Crippen LogP contribution in [0.1, 0.15) is 25.8 Å². The number of sulfonamides is 1. The van der Waals surface area contributed by atoms with Gasteiger partial charge >= 0.3 is 5.69 Å². The number of nitro groups is 1. The number of hydrogen-bond donors (Lipinski definition) is 0. The lowest BCUT2D eigenvalue weighted by atomic mass is 10.2. The number of hydrogen-bond acceptors (Lipinski definition) is 4. The number of nitro benzene ring substituents is 1. The van der Waals surface area contributed by atoms with Gasteiger partial charge in [-0.15, -0.1) is 0 Å². The molecule has 0 aromatic heterocycles. The van der Waals surface area contributed by atoms with Crippen LogP contribution in [0.2, 0.25) is 0 Å². The molecular formula is C12H17FN2O4S. The zero-order valence-corrected chi connectivity index (χ0v) is 12.6. The highest BCUT2D eigenvalue weighted by Gasteiger charge is 2.29. The highest BCUT2D eigenvalue weighted by molar-refractivity contribution is 7.89. The molecule has 0 N–H and O–H groups in total. The molecule has 1 unspecified atom stereocenters. The summed E-state index contributed by atoms with van der Waals surface area (Å²) in [7, 11) is -2.49. The van der Waals surface area contributed by atoms with Crippen molar-refractivity contribution < 1.29 is 17.7 Å². The van der Waals surface area contributed by atoms with Crippen LogP contribution in [0.15, 0.2) is 17.0 Å². The maximum absolute atomic E-state index is 13.4. The molecule has 0 fully saturated rings. The molecule has 1 atom stereocenters. The van der Waals surface area contributed by atoms with Gasteiger partial charge in [-0.3, -0.25) is 10.1 Å². The van der Waals surface area contributed by atoms with Crippen LogP contribution in [0.25, 0.3) is 0 Å². The Morgan fingerprint density at radius 1 is 1.45 bits per heavy atom. The van der Waals surface area contributed by atoms with Crippen LogP contribution in [-0.2, 0) is 10.0 Å². The van der Waals surface area contributed by atoms with Crippen molar-refractivity contribution in [3.63, 3.8) is 0 Å². The Labute approximate surface area is 117 Å². The lowest BCUT2D eigenvalue weighted by Crippen LogP contribution is -2.35. The number of rotatable bonds is 5. The van der Waals surface area contributed by atoms with Crippen molar-refractivity contribution in [2.24, 2.45) is 0 Å². The Bertz CT molecular complexity index is 631. The number of aryl methyl sites for hydroxylation is 1. The predicted octanol–water partition coefficient (Wildman–Crippen LogP) is 2.46. The first-order valence-corrected chi connectivity index (χ1v) is 7.49. The molecule has 8 heteroatoms. The minimum atomic E-state index is -3.89. The summed E-state index contributed by atoms with van der Waals surface area (Å²) in [6.45, 7) is 4.96. The topological polar surface area (TPSA) is 80.5 Å². The van der Waals surface area contributed by atoms with E-state index < -0.39 is 26.5 Å². The maximum atomic E-state index is 13.4. The first kappa shape index (κ1) is 16.5. The zero-order chi connectivity index (χ0) is 15.7. The van der Waals surface area contributed by atoms with Crippen LogP contribution < -0.4 is 0 Å². The highest BCUT2D eigenvalue weighted by Crippen LogP contribution is 2.28. The fraction of sp³-hybridized carbons (Fsp3) is 0.500. The molecule has 0 heterocycles. The highest BCUT2D eigenvalue weighted by atomic mass is 32.2. The molecule has 1 rings (SSSR count). The third-order valence-corrected chi connectivity index (χ3v) is 5.42. The van der Waals surface area contributed by atoms with Gasteiger partial charge in [0.05, 0.1) is 9.82 Å². The van der Waals surface area contributed by atoms with E-state index in [9.17, 15) is 22.9 Å². The summed E-state index contributed by atoms with van der Waals surface area (Å²) in [6, 6.07) is 1.39. The van der Waals surface area contributed by atoms with Gasteiger partial charge in [-0.2, -0.15) is 8.70 Å². The second-order valence-electron chi connectivity index (χ2n) is 4.60. The second kappa shape index (κ2) is 5.84. The largest absolute Gasteiger partial charge is 0.306 e. The molecule has 0 bridgehead atoms. The quantitative estimate of drug-likeness (QED) is 0.618. The Hall–Kier alpha value is -1.54.